The van der Waals surface area contributed by atoms with Crippen molar-refractivity contribution >= 4 is 23.4 Å². The van der Waals surface area contributed by atoms with Crippen molar-refractivity contribution in [2.75, 3.05) is 5.75 Å². The molecule has 0 aliphatic rings. The SMILES string of the molecule is CCS[CH]Cl. The van der Waals surface area contributed by atoms with E-state index in [0.717, 1.165) is 5.75 Å². The van der Waals surface area contributed by atoms with Gasteiger partial charge in [0.25, 0.3) is 0 Å². The van der Waals surface area contributed by atoms with E-state index in [1.54, 1.807) is 17.0 Å². The van der Waals surface area contributed by atoms with Crippen molar-refractivity contribution in [3.05, 3.63) is 5.21 Å². The molecule has 0 aromatic carbocycles. The summed E-state index contributed by atoms with van der Waals surface area (Å²) in [6.07, 6.45) is 0. The van der Waals surface area contributed by atoms with Crippen LogP contribution in [0.3, 0.4) is 0 Å². The van der Waals surface area contributed by atoms with Gasteiger partial charge < -0.3 is 0 Å². The first-order chi connectivity index (χ1) is 2.41. The lowest BCUT2D eigenvalue weighted by atomic mass is 11.0. The van der Waals surface area contributed by atoms with Crippen LogP contribution in [0.2, 0.25) is 0 Å². The van der Waals surface area contributed by atoms with Gasteiger partial charge in [-0.05, 0) is 5.75 Å². The largest absolute Gasteiger partial charge is 0.140 e. The van der Waals surface area contributed by atoms with Crippen molar-refractivity contribution in [1.82, 2.24) is 0 Å². The minimum Gasteiger partial charge on any atom is -0.140 e. The summed E-state index contributed by atoms with van der Waals surface area (Å²) in [6, 6.07) is 0. The number of hydrogen-bond acceptors (Lipinski definition) is 1. The Bertz CT molecular complexity index is 14.4. The molecule has 0 aromatic rings. The smallest absolute Gasteiger partial charge is 0.104 e. The van der Waals surface area contributed by atoms with Crippen LogP contribution in [0, 0.1) is 5.21 Å². The number of hydrogen-bond donors (Lipinski definition) is 0. The minimum absolute atomic E-state index is 1.07. The molecule has 0 saturated heterocycles. The normalized spacial score (nSPS) is 8.40. The molecule has 0 aliphatic heterocycles. The second-order valence-electron chi connectivity index (χ2n) is 0.544. The van der Waals surface area contributed by atoms with Crippen molar-refractivity contribution in [3.63, 3.8) is 0 Å². The van der Waals surface area contributed by atoms with E-state index in [9.17, 15) is 0 Å². The van der Waals surface area contributed by atoms with E-state index in [-0.39, 0.29) is 0 Å². The topological polar surface area (TPSA) is 0 Å². The maximum Gasteiger partial charge on any atom is 0.104 e. The van der Waals surface area contributed by atoms with Crippen LogP contribution in [0.25, 0.3) is 0 Å². The van der Waals surface area contributed by atoms with Crippen LogP contribution in [-0.2, 0) is 0 Å². The standard InChI is InChI=1S/C3H6ClS/c1-2-5-3-4/h3H,2H2,1H3. The zero-order chi connectivity index (χ0) is 4.12. The summed E-state index contributed by atoms with van der Waals surface area (Å²) in [5.74, 6) is 1.07. The Morgan fingerprint density at radius 3 is 2.60 bits per heavy atom. The lowest BCUT2D eigenvalue weighted by Gasteiger charge is -1.77. The number of thioether (sulfide) groups is 1. The summed E-state index contributed by atoms with van der Waals surface area (Å²) in [4.78, 5) is 0. The van der Waals surface area contributed by atoms with E-state index >= 15 is 0 Å². The third-order valence-electron chi connectivity index (χ3n) is 0.230. The summed E-state index contributed by atoms with van der Waals surface area (Å²) in [6.45, 7) is 2.06. The fourth-order valence-electron chi connectivity index (χ4n) is 0.0630. The third kappa shape index (κ3) is 4.64. The molecule has 2 heteroatoms. The van der Waals surface area contributed by atoms with Gasteiger partial charge in [-0.2, -0.15) is 0 Å². The fraction of sp³-hybridized carbons (Fsp3) is 0.667. The molecule has 0 aromatic heterocycles. The van der Waals surface area contributed by atoms with Crippen molar-refractivity contribution in [2.24, 2.45) is 0 Å². The van der Waals surface area contributed by atoms with Crippen molar-refractivity contribution in [1.29, 1.82) is 0 Å². The maximum absolute atomic E-state index is 5.14. The Kier molecular flexibility index (Phi) is 5.23. The molecular formula is C3H6ClS. The molecule has 0 fully saturated rings. The third-order valence-corrected chi connectivity index (χ3v) is 1.07. The number of halogens is 1. The van der Waals surface area contributed by atoms with Gasteiger partial charge in [0.2, 0.25) is 0 Å². The Labute approximate surface area is 41.9 Å². The molecule has 31 valence electrons. The van der Waals surface area contributed by atoms with Crippen molar-refractivity contribution in [2.45, 2.75) is 6.92 Å². The fourth-order valence-corrected chi connectivity index (χ4v) is 0.567. The second-order valence-corrected chi connectivity index (χ2v) is 2.17. The molecule has 0 unspecified atom stereocenters. The van der Waals surface area contributed by atoms with E-state index in [1.165, 1.54) is 0 Å². The van der Waals surface area contributed by atoms with Gasteiger partial charge >= 0.3 is 0 Å². The van der Waals surface area contributed by atoms with Crippen LogP contribution < -0.4 is 0 Å². The summed E-state index contributed by atoms with van der Waals surface area (Å²) < 4.78 is 0. The second kappa shape index (κ2) is 4.64. The molecule has 0 nitrogen and oxygen atoms in total. The van der Waals surface area contributed by atoms with Gasteiger partial charge in [-0.15, -0.1) is 23.4 Å². The summed E-state index contributed by atoms with van der Waals surface area (Å²) in [5, 5.41) is 1.57. The van der Waals surface area contributed by atoms with Crippen LogP contribution in [0.4, 0.5) is 0 Å². The van der Waals surface area contributed by atoms with Gasteiger partial charge in [-0.25, -0.2) is 0 Å². The molecule has 0 saturated carbocycles. The predicted molar refractivity (Wildman–Crippen MR) is 28.3 cm³/mol. The first-order valence-electron chi connectivity index (χ1n) is 1.45. The Morgan fingerprint density at radius 2 is 2.60 bits per heavy atom. The van der Waals surface area contributed by atoms with Gasteiger partial charge in [0.1, 0.15) is 5.21 Å². The molecular weight excluding hydrogens is 104 g/mol. The van der Waals surface area contributed by atoms with Gasteiger partial charge in [-0.1, -0.05) is 6.92 Å². The highest BCUT2D eigenvalue weighted by atomic mass is 35.5. The average Bonchev–Trinajstić information content (AvgIpc) is 1.41. The molecule has 0 rings (SSSR count). The van der Waals surface area contributed by atoms with Gasteiger partial charge in [-0.3, -0.25) is 0 Å². The molecule has 1 radical (unpaired) electrons. The van der Waals surface area contributed by atoms with Crippen LogP contribution >= 0.6 is 23.4 Å². The molecule has 0 heterocycles. The minimum atomic E-state index is 1.07. The van der Waals surface area contributed by atoms with Crippen LogP contribution in [0.15, 0.2) is 0 Å². The lowest BCUT2D eigenvalue weighted by Crippen LogP contribution is -1.54. The van der Waals surface area contributed by atoms with E-state index < -0.39 is 0 Å². The first-order valence-corrected chi connectivity index (χ1v) is 2.93. The molecule has 0 N–H and O–H groups in total. The van der Waals surface area contributed by atoms with Crippen LogP contribution in [-0.4, -0.2) is 5.75 Å². The van der Waals surface area contributed by atoms with E-state index in [0.29, 0.717) is 0 Å². The quantitative estimate of drug-likeness (QED) is 0.523. The van der Waals surface area contributed by atoms with Crippen molar-refractivity contribution in [3.8, 4) is 0 Å². The van der Waals surface area contributed by atoms with Gasteiger partial charge in [0.15, 0.2) is 0 Å². The van der Waals surface area contributed by atoms with Crippen molar-refractivity contribution < 1.29 is 0 Å². The zero-order valence-corrected chi connectivity index (χ0v) is 4.64. The highest BCUT2D eigenvalue weighted by Crippen LogP contribution is 2.05. The molecule has 0 amide bonds. The highest BCUT2D eigenvalue weighted by Gasteiger charge is 1.70. The average molecular weight is 110 g/mol. The van der Waals surface area contributed by atoms with E-state index in [4.69, 9.17) is 11.6 Å². The summed E-state index contributed by atoms with van der Waals surface area (Å²) in [5.41, 5.74) is 0. The molecule has 0 aliphatic carbocycles. The Morgan fingerprint density at radius 1 is 2.00 bits per heavy atom. The maximum atomic E-state index is 5.14. The highest BCUT2D eigenvalue weighted by molar-refractivity contribution is 8.02. The Hall–Kier alpha value is 0.640. The lowest BCUT2D eigenvalue weighted by molar-refractivity contribution is 1.53. The molecule has 0 bridgehead atoms. The van der Waals surface area contributed by atoms with E-state index in [2.05, 4.69) is 6.92 Å². The summed E-state index contributed by atoms with van der Waals surface area (Å²) >= 11 is 6.74. The zero-order valence-electron chi connectivity index (χ0n) is 3.07. The first kappa shape index (κ1) is 5.64. The predicted octanol–water partition coefficient (Wildman–Crippen LogP) is 2.10. The Balaban J connectivity index is 2.19. The van der Waals surface area contributed by atoms with Crippen LogP contribution in [0.5, 0.6) is 0 Å². The molecule has 0 atom stereocenters. The molecule has 0 spiro atoms. The van der Waals surface area contributed by atoms with Crippen LogP contribution in [0.1, 0.15) is 6.92 Å². The monoisotopic (exact) mass is 109 g/mol. The molecule has 5 heavy (non-hydrogen) atoms. The van der Waals surface area contributed by atoms with Gasteiger partial charge in [0, 0.05) is 0 Å². The summed E-state index contributed by atoms with van der Waals surface area (Å²) in [7, 11) is 0. The van der Waals surface area contributed by atoms with Gasteiger partial charge in [0.05, 0.1) is 0 Å². The van der Waals surface area contributed by atoms with E-state index in [1.807, 2.05) is 0 Å². The number of rotatable bonds is 2.